The molecule has 0 spiro atoms. The molecule has 1 fully saturated rings. The van der Waals surface area contributed by atoms with E-state index in [1.54, 1.807) is 31.2 Å². The van der Waals surface area contributed by atoms with Gasteiger partial charge in [0.25, 0.3) is 11.8 Å². The maximum absolute atomic E-state index is 15.5. The van der Waals surface area contributed by atoms with E-state index in [1.807, 2.05) is 30.3 Å². The molecule has 2 aliphatic heterocycles. The number of anilines is 1. The Morgan fingerprint density at radius 1 is 1.11 bits per heavy atom. The maximum Gasteiger partial charge on any atom is 0.275 e. The van der Waals surface area contributed by atoms with Gasteiger partial charge >= 0.3 is 0 Å². The van der Waals surface area contributed by atoms with E-state index in [1.165, 1.54) is 16.2 Å². The van der Waals surface area contributed by atoms with Crippen molar-refractivity contribution in [1.82, 2.24) is 15.6 Å². The zero-order chi connectivity index (χ0) is 26.0. The van der Waals surface area contributed by atoms with Crippen LogP contribution in [0, 0.1) is 6.92 Å². The van der Waals surface area contributed by atoms with Crippen LogP contribution in [0.1, 0.15) is 40.2 Å². The van der Waals surface area contributed by atoms with Gasteiger partial charge in [-0.05, 0) is 38.9 Å². The van der Waals surface area contributed by atoms with Gasteiger partial charge in [-0.1, -0.05) is 48.5 Å². The van der Waals surface area contributed by atoms with Crippen LogP contribution in [0.5, 0.6) is 0 Å². The summed E-state index contributed by atoms with van der Waals surface area (Å²) in [6, 6.07) is 16.0. The van der Waals surface area contributed by atoms with E-state index < -0.39 is 18.3 Å². The Labute approximate surface area is 230 Å². The Balaban J connectivity index is 0.00000336. The van der Waals surface area contributed by atoms with Crippen molar-refractivity contribution in [1.29, 1.82) is 0 Å². The molecule has 3 heterocycles. The molecule has 200 valence electrons. The minimum absolute atomic E-state index is 0. The van der Waals surface area contributed by atoms with Gasteiger partial charge < -0.3 is 15.5 Å². The monoisotopic (exact) mass is 558 g/mol. The van der Waals surface area contributed by atoms with Crippen molar-refractivity contribution in [2.45, 2.75) is 38.2 Å². The van der Waals surface area contributed by atoms with Crippen molar-refractivity contribution in [2.24, 2.45) is 0 Å². The van der Waals surface area contributed by atoms with E-state index >= 15 is 8.78 Å². The summed E-state index contributed by atoms with van der Waals surface area (Å²) in [5.41, 5.74) is 1.63. The highest BCUT2D eigenvalue weighted by Crippen LogP contribution is 2.43. The van der Waals surface area contributed by atoms with Crippen LogP contribution in [0.15, 0.2) is 60.7 Å². The summed E-state index contributed by atoms with van der Waals surface area (Å²) in [5, 5.41) is 6.78. The first-order chi connectivity index (χ1) is 17.8. The van der Waals surface area contributed by atoms with Crippen molar-refractivity contribution in [3.05, 3.63) is 76.8 Å². The van der Waals surface area contributed by atoms with Crippen molar-refractivity contribution >= 4 is 46.8 Å². The largest absolute Gasteiger partial charge is 0.350 e. The Morgan fingerprint density at radius 2 is 1.79 bits per heavy atom. The number of carbonyl (C=O) groups is 2. The number of para-hydroxylation sites is 1. The number of aryl methyl sites for hydroxylation is 1. The second kappa shape index (κ2) is 11.7. The number of nitrogens with zero attached hydrogens (tertiary/aromatic N) is 2. The topological polar surface area (TPSA) is 74.3 Å². The van der Waals surface area contributed by atoms with E-state index in [0.717, 1.165) is 37.6 Å². The molecule has 2 aromatic carbocycles. The number of carbonyl (C=O) groups excluding carboxylic acids is 2. The summed E-state index contributed by atoms with van der Waals surface area (Å²) in [7, 11) is 0. The van der Waals surface area contributed by atoms with Gasteiger partial charge in [-0.15, -0.1) is 23.7 Å². The normalized spacial score (nSPS) is 18.3. The molecule has 0 atom stereocenters. The molecule has 2 aliphatic rings. The Kier molecular flexibility index (Phi) is 8.60. The molecule has 2 amide bonds. The van der Waals surface area contributed by atoms with Gasteiger partial charge in [0.2, 0.25) is 5.91 Å². The van der Waals surface area contributed by atoms with Crippen molar-refractivity contribution in [2.75, 3.05) is 24.5 Å². The van der Waals surface area contributed by atoms with Crippen LogP contribution in [0.4, 0.5) is 14.5 Å². The third-order valence-electron chi connectivity index (χ3n) is 6.75. The second-order valence-corrected chi connectivity index (χ2v) is 10.3. The Bertz CT molecular complexity index is 1340. The fourth-order valence-corrected chi connectivity index (χ4v) is 5.82. The summed E-state index contributed by atoms with van der Waals surface area (Å²) in [6.07, 6.45) is 1.93. The number of allylic oxidation sites excluding steroid dienone is 1. The molecule has 0 bridgehead atoms. The highest BCUT2D eigenvalue weighted by atomic mass is 35.5. The molecule has 0 unspecified atom stereocenters. The molecule has 0 radical (unpaired) electrons. The second-order valence-electron chi connectivity index (χ2n) is 9.32. The summed E-state index contributed by atoms with van der Waals surface area (Å²) >= 11 is 1.25. The maximum atomic E-state index is 15.5. The van der Waals surface area contributed by atoms with Gasteiger partial charge in [0, 0.05) is 41.8 Å². The van der Waals surface area contributed by atoms with Gasteiger partial charge in [-0.2, -0.15) is 0 Å². The lowest BCUT2D eigenvalue weighted by molar-refractivity contribution is -0.117. The average Bonchev–Trinajstić information content (AvgIpc) is 3.25. The van der Waals surface area contributed by atoms with E-state index in [4.69, 9.17) is 0 Å². The first-order valence-electron chi connectivity index (χ1n) is 12.4. The number of alkyl halides is 2. The lowest BCUT2D eigenvalue weighted by Crippen LogP contribution is -2.42. The number of thiazole rings is 1. The number of nitrogens with one attached hydrogen (secondary N) is 2. The standard InChI is InChI=1S/C28H28F2N4O2S.ClH/c1-18-25(37-26(32-18)19-7-3-2-4-8-19)27(36)34-16-13-28(29,30)22(21-9-5-6-10-23(21)34)17-24(35)33-20-11-14-31-15-12-20;/h2-10,17,20,31H,11-16H2,1H3,(H,33,35);1H/b22-17-;. The summed E-state index contributed by atoms with van der Waals surface area (Å²) < 4.78 is 31.0. The van der Waals surface area contributed by atoms with E-state index in [9.17, 15) is 9.59 Å². The average molecular weight is 559 g/mol. The summed E-state index contributed by atoms with van der Waals surface area (Å²) in [6.45, 7) is 3.13. The zero-order valence-corrected chi connectivity index (χ0v) is 22.5. The number of aromatic nitrogens is 1. The van der Waals surface area contributed by atoms with Crippen LogP contribution in [-0.2, 0) is 4.79 Å². The van der Waals surface area contributed by atoms with Crippen molar-refractivity contribution in [3.8, 4) is 10.6 Å². The number of benzene rings is 2. The first kappa shape index (κ1) is 27.9. The predicted octanol–water partition coefficient (Wildman–Crippen LogP) is 5.48. The molecular formula is C28H29ClF2N4O2S. The molecule has 0 saturated carbocycles. The highest BCUT2D eigenvalue weighted by molar-refractivity contribution is 7.17. The molecule has 3 aromatic rings. The molecule has 5 rings (SSSR count). The number of piperidine rings is 1. The van der Waals surface area contributed by atoms with Gasteiger partial charge in [0.15, 0.2) is 0 Å². The van der Waals surface area contributed by atoms with Crippen LogP contribution in [0.2, 0.25) is 0 Å². The van der Waals surface area contributed by atoms with E-state index in [0.29, 0.717) is 21.3 Å². The molecule has 0 aliphatic carbocycles. The van der Waals surface area contributed by atoms with Crippen LogP contribution in [-0.4, -0.2) is 48.4 Å². The molecular weight excluding hydrogens is 530 g/mol. The molecule has 2 N–H and O–H groups in total. The molecule has 1 aromatic heterocycles. The Morgan fingerprint density at radius 3 is 2.53 bits per heavy atom. The van der Waals surface area contributed by atoms with E-state index in [-0.39, 0.29) is 42.0 Å². The summed E-state index contributed by atoms with van der Waals surface area (Å²) in [4.78, 5) is 32.9. The highest BCUT2D eigenvalue weighted by Gasteiger charge is 2.42. The van der Waals surface area contributed by atoms with Crippen LogP contribution in [0.25, 0.3) is 16.1 Å². The minimum atomic E-state index is -3.28. The Hall–Kier alpha value is -3.14. The van der Waals surface area contributed by atoms with Gasteiger partial charge in [0.1, 0.15) is 9.88 Å². The molecule has 10 heteroatoms. The molecule has 38 heavy (non-hydrogen) atoms. The van der Waals surface area contributed by atoms with Gasteiger partial charge in [-0.3, -0.25) is 9.59 Å². The number of hydrogen-bond acceptors (Lipinski definition) is 5. The number of hydrogen-bond donors (Lipinski definition) is 2. The van der Waals surface area contributed by atoms with Gasteiger partial charge in [0.05, 0.1) is 11.4 Å². The minimum Gasteiger partial charge on any atom is -0.350 e. The fraction of sp³-hybridized carbons (Fsp3) is 0.321. The number of fused-ring (bicyclic) bond motifs is 1. The van der Waals surface area contributed by atoms with E-state index in [2.05, 4.69) is 15.6 Å². The number of halogens is 3. The predicted molar refractivity (Wildman–Crippen MR) is 149 cm³/mol. The van der Waals surface area contributed by atoms with Crippen LogP contribution < -0.4 is 15.5 Å². The SMILES string of the molecule is Cc1nc(-c2ccccc2)sc1C(=O)N1CCC(F)(F)/C(=C\C(=O)NC2CCNCC2)c2ccccc21.Cl. The van der Waals surface area contributed by atoms with Gasteiger partial charge in [-0.25, -0.2) is 13.8 Å². The molecule has 6 nitrogen and oxygen atoms in total. The third kappa shape index (κ3) is 5.80. The lowest BCUT2D eigenvalue weighted by Gasteiger charge is -2.24. The lowest BCUT2D eigenvalue weighted by atomic mass is 9.96. The quantitative estimate of drug-likeness (QED) is 0.416. The number of amides is 2. The molecule has 1 saturated heterocycles. The fourth-order valence-electron chi connectivity index (χ4n) is 4.80. The zero-order valence-electron chi connectivity index (χ0n) is 20.9. The van der Waals surface area contributed by atoms with Crippen LogP contribution in [0.3, 0.4) is 0 Å². The van der Waals surface area contributed by atoms with Crippen molar-refractivity contribution in [3.63, 3.8) is 0 Å². The van der Waals surface area contributed by atoms with Crippen molar-refractivity contribution < 1.29 is 18.4 Å². The third-order valence-corrected chi connectivity index (χ3v) is 7.94. The number of rotatable bonds is 4. The van der Waals surface area contributed by atoms with Crippen LogP contribution >= 0.6 is 23.7 Å². The smallest absolute Gasteiger partial charge is 0.275 e. The summed E-state index contributed by atoms with van der Waals surface area (Å²) in [5.74, 6) is -4.20. The first-order valence-corrected chi connectivity index (χ1v) is 13.2.